The van der Waals surface area contributed by atoms with E-state index in [9.17, 15) is 12.8 Å². The fourth-order valence-corrected chi connectivity index (χ4v) is 2.72. The molecule has 0 spiro atoms. The van der Waals surface area contributed by atoms with E-state index in [1.165, 1.54) is 12.1 Å². The Morgan fingerprint density at radius 2 is 1.76 bits per heavy atom. The van der Waals surface area contributed by atoms with Gasteiger partial charge in [0, 0.05) is 14.3 Å². The quantitative estimate of drug-likeness (QED) is 0.575. The summed E-state index contributed by atoms with van der Waals surface area (Å²) in [4.78, 5) is -0.272. The van der Waals surface area contributed by atoms with E-state index in [4.69, 9.17) is 5.26 Å². The van der Waals surface area contributed by atoms with Crippen molar-refractivity contribution in [1.29, 1.82) is 5.26 Å². The molecular weight excluding hydrogens is 472 g/mol. The maximum atomic E-state index is 12.9. The minimum atomic E-state index is -3.45. The highest BCUT2D eigenvalue weighted by Crippen LogP contribution is 2.18. The van der Waals surface area contributed by atoms with Gasteiger partial charge in [0.2, 0.25) is 0 Å². The van der Waals surface area contributed by atoms with Crippen LogP contribution in [0.1, 0.15) is 5.56 Å². The molecular formula is C14H10BrFINO2S. The number of halogens is 3. The number of nitriles is 1. The van der Waals surface area contributed by atoms with Gasteiger partial charge >= 0.3 is 0 Å². The summed E-state index contributed by atoms with van der Waals surface area (Å²) < 4.78 is 36.4. The smallest absolute Gasteiger partial charge is 0.178 e. The third-order valence-electron chi connectivity index (χ3n) is 2.27. The summed E-state index contributed by atoms with van der Waals surface area (Å²) in [6.45, 7) is 0. The van der Waals surface area contributed by atoms with Gasteiger partial charge in [0.05, 0.1) is 11.6 Å². The topological polar surface area (TPSA) is 57.9 Å². The Kier molecular flexibility index (Phi) is 6.77. The zero-order chi connectivity index (χ0) is 16.0. The molecule has 0 unspecified atom stereocenters. The Morgan fingerprint density at radius 1 is 1.19 bits per heavy atom. The molecule has 110 valence electrons. The number of hydrogen-bond donors (Lipinski definition) is 0. The lowest BCUT2D eigenvalue weighted by atomic mass is 10.2. The lowest BCUT2D eigenvalue weighted by Crippen LogP contribution is -1.99. The SMILES string of the molecule is CS(=O)(=O)c1ccc(Br)cc1F.N#Cc1ccc(I)cc1. The molecule has 0 amide bonds. The summed E-state index contributed by atoms with van der Waals surface area (Å²) in [5.74, 6) is -0.730. The van der Waals surface area contributed by atoms with Crippen molar-refractivity contribution in [2.75, 3.05) is 6.26 Å². The molecule has 0 atom stereocenters. The molecule has 0 saturated heterocycles. The van der Waals surface area contributed by atoms with Crippen LogP contribution < -0.4 is 0 Å². The van der Waals surface area contributed by atoms with Crippen LogP contribution in [0.5, 0.6) is 0 Å². The highest BCUT2D eigenvalue weighted by atomic mass is 127. The molecule has 0 radical (unpaired) electrons. The molecule has 7 heteroatoms. The molecule has 21 heavy (non-hydrogen) atoms. The second-order valence-electron chi connectivity index (χ2n) is 3.97. The average Bonchev–Trinajstić information content (AvgIpc) is 2.38. The maximum Gasteiger partial charge on any atom is 0.178 e. The molecule has 2 aromatic rings. The van der Waals surface area contributed by atoms with Crippen molar-refractivity contribution in [3.63, 3.8) is 0 Å². The Balaban J connectivity index is 0.000000219. The molecule has 2 aromatic carbocycles. The van der Waals surface area contributed by atoms with Crippen molar-refractivity contribution in [3.8, 4) is 6.07 Å². The van der Waals surface area contributed by atoms with Gasteiger partial charge in [-0.1, -0.05) is 15.9 Å². The summed E-state index contributed by atoms with van der Waals surface area (Å²) in [7, 11) is -3.45. The van der Waals surface area contributed by atoms with Crippen LogP contribution >= 0.6 is 38.5 Å². The molecule has 0 aromatic heterocycles. The van der Waals surface area contributed by atoms with Crippen molar-refractivity contribution in [2.24, 2.45) is 0 Å². The van der Waals surface area contributed by atoms with Crippen molar-refractivity contribution in [2.45, 2.75) is 4.90 Å². The molecule has 0 saturated carbocycles. The van der Waals surface area contributed by atoms with E-state index in [1.807, 2.05) is 24.3 Å². The zero-order valence-corrected chi connectivity index (χ0v) is 15.4. The number of hydrogen-bond acceptors (Lipinski definition) is 3. The predicted molar refractivity (Wildman–Crippen MR) is 91.1 cm³/mol. The molecule has 0 heterocycles. The van der Waals surface area contributed by atoms with Gasteiger partial charge < -0.3 is 0 Å². The third-order valence-corrected chi connectivity index (χ3v) is 4.61. The van der Waals surface area contributed by atoms with Gasteiger partial charge in [0.1, 0.15) is 10.7 Å². The Hall–Kier alpha value is -0.980. The summed E-state index contributed by atoms with van der Waals surface area (Å²) in [5, 5.41) is 8.38. The van der Waals surface area contributed by atoms with Crippen LogP contribution in [-0.2, 0) is 9.84 Å². The molecule has 0 aliphatic rings. The molecule has 0 bridgehead atoms. The van der Waals surface area contributed by atoms with Crippen molar-refractivity contribution < 1.29 is 12.8 Å². The summed E-state index contributed by atoms with van der Waals surface area (Å²) >= 11 is 5.23. The van der Waals surface area contributed by atoms with E-state index in [1.54, 1.807) is 0 Å². The second kappa shape index (κ2) is 7.87. The van der Waals surface area contributed by atoms with Gasteiger partial charge in [0.15, 0.2) is 9.84 Å². The number of rotatable bonds is 1. The summed E-state index contributed by atoms with van der Waals surface area (Å²) in [6.07, 6.45) is 0.972. The van der Waals surface area contributed by atoms with Crippen molar-refractivity contribution >= 4 is 48.4 Å². The van der Waals surface area contributed by atoms with Gasteiger partial charge in [0.25, 0.3) is 0 Å². The normalized spacial score (nSPS) is 10.2. The third kappa shape index (κ3) is 6.11. The Bertz CT molecular complexity index is 771. The van der Waals surface area contributed by atoms with Crippen LogP contribution in [0.15, 0.2) is 51.8 Å². The monoisotopic (exact) mass is 481 g/mol. The number of nitrogens with zero attached hydrogens (tertiary/aromatic N) is 1. The van der Waals surface area contributed by atoms with Gasteiger partial charge in [-0.25, -0.2) is 12.8 Å². The maximum absolute atomic E-state index is 12.9. The van der Waals surface area contributed by atoms with Crippen molar-refractivity contribution in [1.82, 2.24) is 0 Å². The minimum absolute atomic E-state index is 0.272. The molecule has 0 N–H and O–H groups in total. The molecule has 0 aliphatic heterocycles. The second-order valence-corrected chi connectivity index (χ2v) is 8.11. The Labute approximate surface area is 145 Å². The fourth-order valence-electron chi connectivity index (χ4n) is 1.30. The van der Waals surface area contributed by atoms with E-state index in [0.717, 1.165) is 21.5 Å². The van der Waals surface area contributed by atoms with E-state index >= 15 is 0 Å². The first-order valence-corrected chi connectivity index (χ1v) is 9.31. The van der Waals surface area contributed by atoms with Crippen LogP contribution in [0.25, 0.3) is 0 Å². The average molecular weight is 482 g/mol. The van der Waals surface area contributed by atoms with E-state index in [-0.39, 0.29) is 4.90 Å². The highest BCUT2D eigenvalue weighted by Gasteiger charge is 2.12. The van der Waals surface area contributed by atoms with Crippen molar-refractivity contribution in [3.05, 3.63) is 61.9 Å². The minimum Gasteiger partial charge on any atom is -0.224 e. The predicted octanol–water partition coefficient (Wildman–Crippen LogP) is 4.15. The lowest BCUT2D eigenvalue weighted by molar-refractivity contribution is 0.570. The van der Waals surface area contributed by atoms with Crippen LogP contribution in [0.2, 0.25) is 0 Å². The summed E-state index contributed by atoms with van der Waals surface area (Å²) in [5.41, 5.74) is 0.718. The largest absolute Gasteiger partial charge is 0.224 e. The molecule has 0 fully saturated rings. The number of sulfone groups is 1. The standard InChI is InChI=1S/C7H6BrFO2S.C7H4IN/c1-12(10,11)7-3-2-5(8)4-6(7)9;8-7-3-1-6(5-9)2-4-7/h2-4H,1H3;1-4H. The van der Waals surface area contributed by atoms with E-state index in [0.29, 0.717) is 4.47 Å². The first-order chi connectivity index (χ1) is 9.74. The van der Waals surface area contributed by atoms with Gasteiger partial charge in [-0.2, -0.15) is 5.26 Å². The van der Waals surface area contributed by atoms with Crippen LogP contribution in [-0.4, -0.2) is 14.7 Å². The highest BCUT2D eigenvalue weighted by molar-refractivity contribution is 14.1. The van der Waals surface area contributed by atoms with Gasteiger partial charge in [-0.05, 0) is 65.1 Å². The first kappa shape index (κ1) is 18.1. The van der Waals surface area contributed by atoms with Crippen LogP contribution in [0.4, 0.5) is 4.39 Å². The lowest BCUT2D eigenvalue weighted by Gasteiger charge is -1.99. The fraction of sp³-hybridized carbons (Fsp3) is 0.0714. The Morgan fingerprint density at radius 3 is 2.19 bits per heavy atom. The number of benzene rings is 2. The van der Waals surface area contributed by atoms with Crippen LogP contribution in [0.3, 0.4) is 0 Å². The molecule has 3 nitrogen and oxygen atoms in total. The molecule has 0 aliphatic carbocycles. The van der Waals surface area contributed by atoms with Gasteiger partial charge in [-0.3, -0.25) is 0 Å². The van der Waals surface area contributed by atoms with Crippen LogP contribution in [0, 0.1) is 20.7 Å². The molecule has 2 rings (SSSR count). The zero-order valence-electron chi connectivity index (χ0n) is 10.8. The first-order valence-electron chi connectivity index (χ1n) is 5.55. The van der Waals surface area contributed by atoms with Gasteiger partial charge in [-0.15, -0.1) is 0 Å². The van der Waals surface area contributed by atoms with E-state index in [2.05, 4.69) is 44.6 Å². The van der Waals surface area contributed by atoms with E-state index < -0.39 is 15.7 Å². The summed E-state index contributed by atoms with van der Waals surface area (Å²) in [6, 6.07) is 13.3.